The van der Waals surface area contributed by atoms with Crippen molar-refractivity contribution >= 4 is 22.8 Å². The Balaban J connectivity index is 0.00000158. The number of anilines is 2. The lowest BCUT2D eigenvalue weighted by molar-refractivity contribution is 0.333. The average molecular weight is 460 g/mol. The largest absolute Gasteiger partial charge is 0.353 e. The minimum Gasteiger partial charge on any atom is -0.353 e. The molecule has 1 fully saturated rings. The van der Waals surface area contributed by atoms with Gasteiger partial charge in [-0.2, -0.15) is 5.10 Å². The van der Waals surface area contributed by atoms with Gasteiger partial charge in [-0.15, -0.1) is 0 Å². The van der Waals surface area contributed by atoms with Gasteiger partial charge < -0.3 is 15.5 Å². The van der Waals surface area contributed by atoms with Crippen molar-refractivity contribution in [3.63, 3.8) is 0 Å². The number of nitrogens with zero attached hydrogens (tertiary/aromatic N) is 4. The molecule has 3 aromatic heterocycles. The molecule has 34 heavy (non-hydrogen) atoms. The molecule has 0 radical (unpaired) electrons. The zero-order valence-electron chi connectivity index (χ0n) is 20.7. The second kappa shape index (κ2) is 12.7. The van der Waals surface area contributed by atoms with Crippen LogP contribution in [-0.4, -0.2) is 44.7 Å². The molecule has 180 valence electrons. The number of hydrogen-bond acceptors (Lipinski definition) is 6. The zero-order valence-corrected chi connectivity index (χ0v) is 20.7. The van der Waals surface area contributed by atoms with Crippen LogP contribution in [0.15, 0.2) is 56.0 Å². The molecule has 3 N–H and O–H groups in total. The third-order valence-electron chi connectivity index (χ3n) is 5.71. The van der Waals surface area contributed by atoms with Crippen molar-refractivity contribution in [2.45, 2.75) is 46.5 Å². The summed E-state index contributed by atoms with van der Waals surface area (Å²) in [7, 11) is 0. The van der Waals surface area contributed by atoms with E-state index >= 15 is 0 Å². The highest BCUT2D eigenvalue weighted by Gasteiger charge is 2.12. The van der Waals surface area contributed by atoms with Gasteiger partial charge in [-0.25, -0.2) is 0 Å². The van der Waals surface area contributed by atoms with E-state index in [1.165, 1.54) is 25.9 Å². The van der Waals surface area contributed by atoms with Crippen molar-refractivity contribution < 1.29 is 0 Å². The van der Waals surface area contributed by atoms with Gasteiger partial charge in [0.25, 0.3) is 0 Å². The Morgan fingerprint density at radius 3 is 2.44 bits per heavy atom. The van der Waals surface area contributed by atoms with E-state index in [4.69, 9.17) is 0 Å². The summed E-state index contributed by atoms with van der Waals surface area (Å²) in [6.45, 7) is 17.9. The van der Waals surface area contributed by atoms with E-state index in [1.54, 1.807) is 12.4 Å². The number of likely N-dealkylation sites (tertiary alicyclic amines) is 1. The summed E-state index contributed by atoms with van der Waals surface area (Å²) < 4.78 is 0. The summed E-state index contributed by atoms with van der Waals surface area (Å²) in [4.78, 5) is 11.5. The second-order valence-electron chi connectivity index (χ2n) is 8.24. The number of pyridine rings is 2. The van der Waals surface area contributed by atoms with Crippen LogP contribution in [-0.2, 0) is 6.42 Å². The Labute approximate surface area is 203 Å². The number of hydrogen-bond donors (Lipinski definition) is 3. The zero-order chi connectivity index (χ0) is 24.3. The van der Waals surface area contributed by atoms with Crippen molar-refractivity contribution in [1.29, 1.82) is 0 Å². The van der Waals surface area contributed by atoms with E-state index in [9.17, 15) is 0 Å². The summed E-state index contributed by atoms with van der Waals surface area (Å²) in [5.41, 5.74) is 6.89. The maximum Gasteiger partial charge on any atom is 0.104 e. The molecule has 0 spiro atoms. The predicted molar refractivity (Wildman–Crippen MR) is 142 cm³/mol. The van der Waals surface area contributed by atoms with Gasteiger partial charge in [0.05, 0.1) is 29.5 Å². The maximum absolute atomic E-state index is 4.61. The first-order valence-corrected chi connectivity index (χ1v) is 12.1. The van der Waals surface area contributed by atoms with Crippen molar-refractivity contribution in [2.75, 3.05) is 30.3 Å². The van der Waals surface area contributed by atoms with Gasteiger partial charge in [0.1, 0.15) is 5.69 Å². The fraction of sp³-hybridized carbons (Fsp3) is 0.370. The Morgan fingerprint density at radius 2 is 1.76 bits per heavy atom. The van der Waals surface area contributed by atoms with Gasteiger partial charge in [0.2, 0.25) is 0 Å². The summed E-state index contributed by atoms with van der Waals surface area (Å²) in [5, 5.41) is 13.8. The molecule has 1 aliphatic heterocycles. The van der Waals surface area contributed by atoms with Crippen LogP contribution in [0.5, 0.6) is 0 Å². The highest BCUT2D eigenvalue weighted by Crippen LogP contribution is 2.25. The quantitative estimate of drug-likeness (QED) is 0.359. The Hall–Kier alpha value is -3.45. The molecular formula is C27H37N7. The van der Waals surface area contributed by atoms with Crippen LogP contribution in [0.3, 0.4) is 0 Å². The molecule has 1 aliphatic rings. The first-order chi connectivity index (χ1) is 16.6. The summed E-state index contributed by atoms with van der Waals surface area (Å²) in [6, 6.07) is 8.08. The molecule has 0 amide bonds. The molecule has 0 aliphatic carbocycles. The topological polar surface area (TPSA) is 81.8 Å². The molecule has 0 unspecified atom stereocenters. The monoisotopic (exact) mass is 459 g/mol. The van der Waals surface area contributed by atoms with E-state index in [1.807, 2.05) is 45.2 Å². The molecule has 3 aromatic rings. The first-order valence-electron chi connectivity index (χ1n) is 12.1. The number of aromatic nitrogens is 4. The van der Waals surface area contributed by atoms with E-state index < -0.39 is 0 Å². The Bertz CT molecular complexity index is 1050. The van der Waals surface area contributed by atoms with E-state index in [2.05, 4.69) is 54.9 Å². The van der Waals surface area contributed by atoms with Gasteiger partial charge in [-0.05, 0) is 76.5 Å². The fourth-order valence-corrected chi connectivity index (χ4v) is 3.87. The van der Waals surface area contributed by atoms with E-state index in [-0.39, 0.29) is 0 Å². The third kappa shape index (κ3) is 7.02. The van der Waals surface area contributed by atoms with Crippen molar-refractivity contribution in [2.24, 2.45) is 0 Å². The molecule has 4 heterocycles. The Kier molecular flexibility index (Phi) is 9.40. The van der Waals surface area contributed by atoms with Crippen LogP contribution in [0.2, 0.25) is 0 Å². The molecule has 7 heteroatoms. The van der Waals surface area contributed by atoms with Gasteiger partial charge in [-0.3, -0.25) is 15.1 Å². The summed E-state index contributed by atoms with van der Waals surface area (Å²) >= 11 is 0. The van der Waals surface area contributed by atoms with Gasteiger partial charge in [0.15, 0.2) is 0 Å². The highest BCUT2D eigenvalue weighted by molar-refractivity contribution is 5.84. The van der Waals surface area contributed by atoms with E-state index in [0.29, 0.717) is 5.70 Å². The molecule has 0 saturated carbocycles. The van der Waals surface area contributed by atoms with Crippen LogP contribution >= 0.6 is 0 Å². The summed E-state index contributed by atoms with van der Waals surface area (Å²) in [5.74, 6) is 0. The van der Waals surface area contributed by atoms with Crippen LogP contribution in [0.4, 0.5) is 11.4 Å². The molecule has 7 nitrogen and oxygen atoms in total. The predicted octanol–water partition coefficient (Wildman–Crippen LogP) is 5.73. The number of nitrogens with one attached hydrogen (secondary N) is 3. The fourth-order valence-electron chi connectivity index (χ4n) is 3.87. The van der Waals surface area contributed by atoms with Crippen molar-refractivity contribution in [1.82, 2.24) is 25.1 Å². The lowest BCUT2D eigenvalue weighted by Gasteiger charge is -2.14. The molecule has 4 rings (SSSR count). The highest BCUT2D eigenvalue weighted by atomic mass is 15.2. The van der Waals surface area contributed by atoms with E-state index in [0.717, 1.165) is 59.1 Å². The normalized spacial score (nSPS) is 13.1. The SMILES string of the molecule is C=C(Nc1cn[nH]c1C(=C)Nc1ccc(CCCN2CCCC2)nc1)c1ccc(C)nc1.CC. The minimum absolute atomic E-state index is 0.698. The molecule has 0 atom stereocenters. The van der Waals surface area contributed by atoms with Gasteiger partial charge >= 0.3 is 0 Å². The van der Waals surface area contributed by atoms with Crippen LogP contribution in [0, 0.1) is 6.92 Å². The first kappa shape index (κ1) is 25.2. The molecule has 0 aromatic carbocycles. The van der Waals surface area contributed by atoms with Crippen molar-refractivity contribution in [3.05, 3.63) is 78.7 Å². The van der Waals surface area contributed by atoms with Crippen LogP contribution in [0.1, 0.15) is 55.8 Å². The lowest BCUT2D eigenvalue weighted by atomic mass is 10.2. The van der Waals surface area contributed by atoms with Crippen molar-refractivity contribution in [3.8, 4) is 0 Å². The summed E-state index contributed by atoms with van der Waals surface area (Å²) in [6.07, 6.45) is 10.2. The number of rotatable bonds is 10. The number of H-pyrrole nitrogens is 1. The third-order valence-corrected chi connectivity index (χ3v) is 5.71. The average Bonchev–Trinajstić information content (AvgIpc) is 3.54. The molecular weight excluding hydrogens is 422 g/mol. The molecule has 1 saturated heterocycles. The molecule has 0 bridgehead atoms. The Morgan fingerprint density at radius 1 is 0.971 bits per heavy atom. The second-order valence-corrected chi connectivity index (χ2v) is 8.24. The number of aromatic amines is 1. The smallest absolute Gasteiger partial charge is 0.104 e. The maximum atomic E-state index is 4.61. The van der Waals surface area contributed by atoms with Gasteiger partial charge in [-0.1, -0.05) is 27.0 Å². The van der Waals surface area contributed by atoms with Gasteiger partial charge in [0, 0.05) is 28.8 Å². The standard InChI is InChI=1S/C25H31N7.C2H6/c1-18-8-9-21(15-26-18)19(2)30-24-17-28-31-25(24)20(3)29-23-11-10-22(27-16-23)7-6-14-32-12-4-5-13-32;1-2/h8-11,15-17,29-30H,2-7,12-14H2,1H3,(H,28,31);1-2H3. The van der Waals surface area contributed by atoms with Crippen LogP contribution in [0.25, 0.3) is 11.4 Å². The number of aryl methyl sites for hydroxylation is 2. The lowest BCUT2D eigenvalue weighted by Crippen LogP contribution is -2.20. The van der Waals surface area contributed by atoms with Crippen LogP contribution < -0.4 is 10.6 Å². The minimum atomic E-state index is 0.698.